The third kappa shape index (κ3) is 2.56. The summed E-state index contributed by atoms with van der Waals surface area (Å²) in [6, 6.07) is 2.17. The fourth-order valence-electron chi connectivity index (χ4n) is 1.15. The van der Waals surface area contributed by atoms with Crippen LogP contribution in [0.4, 0.5) is 0 Å². The lowest BCUT2D eigenvalue weighted by atomic mass is 10.0. The molecule has 80 valence electrons. The highest BCUT2D eigenvalue weighted by atomic mass is 32.1. The van der Waals surface area contributed by atoms with Crippen LogP contribution >= 0.6 is 11.3 Å². The first kappa shape index (κ1) is 11.7. The molecule has 14 heavy (non-hydrogen) atoms. The lowest BCUT2D eigenvalue weighted by molar-refractivity contribution is 0.157. The van der Waals surface area contributed by atoms with E-state index >= 15 is 0 Å². The summed E-state index contributed by atoms with van der Waals surface area (Å²) in [6.07, 6.45) is 0. The van der Waals surface area contributed by atoms with Crippen LogP contribution in [-0.4, -0.2) is 24.0 Å². The fourth-order valence-corrected chi connectivity index (χ4v) is 2.11. The lowest BCUT2D eigenvalue weighted by Gasteiger charge is -2.34. The number of aryl methyl sites for hydroxylation is 1. The molecule has 2 N–H and O–H groups in total. The third-order valence-electron chi connectivity index (χ3n) is 2.88. The molecule has 0 aromatic carbocycles. The molecule has 1 aromatic rings. The highest BCUT2D eigenvalue weighted by molar-refractivity contribution is 7.10. The molecule has 1 rings (SSSR count). The Bertz CT molecular complexity index is 291. The van der Waals surface area contributed by atoms with E-state index in [2.05, 4.69) is 44.2 Å². The van der Waals surface area contributed by atoms with Gasteiger partial charge in [-0.1, -0.05) is 0 Å². The van der Waals surface area contributed by atoms with Crippen molar-refractivity contribution in [2.75, 3.05) is 13.6 Å². The molecule has 0 fully saturated rings. The maximum atomic E-state index is 5.74. The number of rotatable bonds is 4. The van der Waals surface area contributed by atoms with Crippen LogP contribution in [0.2, 0.25) is 0 Å². The van der Waals surface area contributed by atoms with Crippen LogP contribution < -0.4 is 5.73 Å². The molecule has 0 saturated heterocycles. The molecule has 3 heteroatoms. The van der Waals surface area contributed by atoms with Crippen LogP contribution in [0.1, 0.15) is 24.3 Å². The number of hydrogen-bond acceptors (Lipinski definition) is 3. The summed E-state index contributed by atoms with van der Waals surface area (Å²) < 4.78 is 0. The molecule has 0 spiro atoms. The van der Waals surface area contributed by atoms with E-state index in [0.29, 0.717) is 6.54 Å². The quantitative estimate of drug-likeness (QED) is 0.829. The van der Waals surface area contributed by atoms with Gasteiger partial charge in [-0.05, 0) is 44.8 Å². The average Bonchev–Trinajstić information content (AvgIpc) is 2.52. The minimum atomic E-state index is 0.0798. The summed E-state index contributed by atoms with van der Waals surface area (Å²) in [5.74, 6) is 0. The van der Waals surface area contributed by atoms with Crippen LogP contribution in [0.15, 0.2) is 11.4 Å². The van der Waals surface area contributed by atoms with Crippen LogP contribution in [0.25, 0.3) is 0 Å². The minimum absolute atomic E-state index is 0.0798. The van der Waals surface area contributed by atoms with Crippen LogP contribution in [0.3, 0.4) is 0 Å². The molecule has 0 aliphatic carbocycles. The van der Waals surface area contributed by atoms with Crippen molar-refractivity contribution in [1.29, 1.82) is 0 Å². The van der Waals surface area contributed by atoms with Gasteiger partial charge >= 0.3 is 0 Å². The van der Waals surface area contributed by atoms with Gasteiger partial charge in [-0.25, -0.2) is 0 Å². The zero-order chi connectivity index (χ0) is 10.8. The summed E-state index contributed by atoms with van der Waals surface area (Å²) in [7, 11) is 2.13. The van der Waals surface area contributed by atoms with Gasteiger partial charge in [0.1, 0.15) is 0 Å². The van der Waals surface area contributed by atoms with Crippen molar-refractivity contribution >= 4 is 11.3 Å². The zero-order valence-corrected chi connectivity index (χ0v) is 10.3. The van der Waals surface area contributed by atoms with E-state index in [1.54, 1.807) is 0 Å². The summed E-state index contributed by atoms with van der Waals surface area (Å²) in [4.78, 5) is 3.75. The Balaban J connectivity index is 2.66. The number of thiophene rings is 1. The average molecular weight is 212 g/mol. The van der Waals surface area contributed by atoms with Gasteiger partial charge in [0, 0.05) is 23.5 Å². The van der Waals surface area contributed by atoms with Gasteiger partial charge in [-0.3, -0.25) is 4.90 Å². The normalized spacial score (nSPS) is 12.4. The number of nitrogens with two attached hydrogens (primary N) is 1. The number of hydrogen-bond donors (Lipinski definition) is 1. The van der Waals surface area contributed by atoms with E-state index in [-0.39, 0.29) is 5.54 Å². The predicted octanol–water partition coefficient (Wildman–Crippen LogP) is 2.23. The van der Waals surface area contributed by atoms with Gasteiger partial charge in [0.2, 0.25) is 0 Å². The Hall–Kier alpha value is -0.380. The monoisotopic (exact) mass is 212 g/mol. The molecule has 0 saturated carbocycles. The number of likely N-dealkylation sites (N-methyl/N-ethyl adjacent to an activating group) is 1. The van der Waals surface area contributed by atoms with E-state index in [9.17, 15) is 0 Å². The molecule has 0 unspecified atom stereocenters. The highest BCUT2D eigenvalue weighted by Gasteiger charge is 2.22. The smallest absolute Gasteiger partial charge is 0.0333 e. The first-order chi connectivity index (χ1) is 6.47. The summed E-state index contributed by atoms with van der Waals surface area (Å²) in [5, 5.41) is 2.15. The van der Waals surface area contributed by atoms with E-state index in [4.69, 9.17) is 5.73 Å². The number of nitrogens with zero attached hydrogens (tertiary/aromatic N) is 1. The maximum Gasteiger partial charge on any atom is 0.0333 e. The van der Waals surface area contributed by atoms with Crippen LogP contribution in [-0.2, 0) is 6.54 Å². The Labute approximate surface area is 90.7 Å². The van der Waals surface area contributed by atoms with Crippen molar-refractivity contribution in [3.8, 4) is 0 Å². The summed E-state index contributed by atoms with van der Waals surface area (Å²) in [6.45, 7) is 8.20. The second kappa shape index (κ2) is 4.43. The van der Waals surface area contributed by atoms with Crippen molar-refractivity contribution in [3.63, 3.8) is 0 Å². The Morgan fingerprint density at radius 3 is 2.57 bits per heavy atom. The van der Waals surface area contributed by atoms with E-state index in [1.165, 1.54) is 10.4 Å². The van der Waals surface area contributed by atoms with Crippen molar-refractivity contribution in [3.05, 3.63) is 21.9 Å². The van der Waals surface area contributed by atoms with Crippen molar-refractivity contribution in [1.82, 2.24) is 4.90 Å². The Morgan fingerprint density at radius 2 is 2.14 bits per heavy atom. The fraction of sp³-hybridized carbons (Fsp3) is 0.636. The minimum Gasteiger partial charge on any atom is -0.329 e. The van der Waals surface area contributed by atoms with Crippen molar-refractivity contribution in [2.45, 2.75) is 32.9 Å². The highest BCUT2D eigenvalue weighted by Crippen LogP contribution is 2.21. The van der Waals surface area contributed by atoms with Gasteiger partial charge < -0.3 is 5.73 Å². The van der Waals surface area contributed by atoms with Gasteiger partial charge in [0.15, 0.2) is 0 Å². The molecule has 0 atom stereocenters. The molecule has 0 aliphatic heterocycles. The SMILES string of the molecule is Cc1ccsc1CN(C)C(C)(C)CN. The molecule has 0 bridgehead atoms. The van der Waals surface area contributed by atoms with E-state index in [1.807, 2.05) is 11.3 Å². The molecule has 0 aliphatic rings. The summed E-state index contributed by atoms with van der Waals surface area (Å²) in [5.41, 5.74) is 7.20. The van der Waals surface area contributed by atoms with E-state index in [0.717, 1.165) is 6.54 Å². The largest absolute Gasteiger partial charge is 0.329 e. The second-order valence-corrected chi connectivity index (χ2v) is 5.40. The van der Waals surface area contributed by atoms with Gasteiger partial charge in [-0.2, -0.15) is 0 Å². The molecular formula is C11H20N2S. The summed E-state index contributed by atoms with van der Waals surface area (Å²) >= 11 is 1.82. The zero-order valence-electron chi connectivity index (χ0n) is 9.50. The van der Waals surface area contributed by atoms with Gasteiger partial charge in [0.25, 0.3) is 0 Å². The van der Waals surface area contributed by atoms with Crippen molar-refractivity contribution < 1.29 is 0 Å². The maximum absolute atomic E-state index is 5.74. The topological polar surface area (TPSA) is 29.3 Å². The van der Waals surface area contributed by atoms with Gasteiger partial charge in [-0.15, -0.1) is 11.3 Å². The molecule has 1 aromatic heterocycles. The Kier molecular flexibility index (Phi) is 3.70. The van der Waals surface area contributed by atoms with Gasteiger partial charge in [0.05, 0.1) is 0 Å². The third-order valence-corrected chi connectivity index (χ3v) is 3.89. The standard InChI is InChI=1S/C11H20N2S/c1-9-5-6-14-10(9)7-13(4)11(2,3)8-12/h5-6H,7-8,12H2,1-4H3. The predicted molar refractivity (Wildman–Crippen MR) is 63.7 cm³/mol. The first-order valence-electron chi connectivity index (χ1n) is 4.91. The van der Waals surface area contributed by atoms with Crippen LogP contribution in [0, 0.1) is 6.92 Å². The molecule has 1 heterocycles. The van der Waals surface area contributed by atoms with E-state index < -0.39 is 0 Å². The molecular weight excluding hydrogens is 192 g/mol. The van der Waals surface area contributed by atoms with Crippen LogP contribution in [0.5, 0.6) is 0 Å². The molecule has 0 amide bonds. The molecule has 2 nitrogen and oxygen atoms in total. The second-order valence-electron chi connectivity index (χ2n) is 4.40. The van der Waals surface area contributed by atoms with Crippen molar-refractivity contribution in [2.24, 2.45) is 5.73 Å². The lowest BCUT2D eigenvalue weighted by Crippen LogP contribution is -2.46. The molecule has 0 radical (unpaired) electrons. The first-order valence-corrected chi connectivity index (χ1v) is 5.79. The Morgan fingerprint density at radius 1 is 1.50 bits per heavy atom.